The number of carbonyl (C=O) groups excluding carboxylic acids is 1. The topological polar surface area (TPSA) is 80.9 Å². The van der Waals surface area contributed by atoms with Crippen LogP contribution in [0.1, 0.15) is 21.7 Å². The van der Waals surface area contributed by atoms with Gasteiger partial charge in [-0.15, -0.1) is 0 Å². The number of nitrogens with zero attached hydrogens (tertiary/aromatic N) is 2. The van der Waals surface area contributed by atoms with E-state index in [1.54, 1.807) is 0 Å². The van der Waals surface area contributed by atoms with Gasteiger partial charge in [0, 0.05) is 25.1 Å². The number of amides is 1. The molecule has 1 aliphatic rings. The molecule has 0 saturated carbocycles. The summed E-state index contributed by atoms with van der Waals surface area (Å²) in [7, 11) is 0. The molecule has 0 aliphatic carbocycles. The van der Waals surface area contributed by atoms with Gasteiger partial charge in [0.25, 0.3) is 5.91 Å². The molecule has 1 aromatic heterocycles. The molecule has 0 unspecified atom stereocenters. The lowest BCUT2D eigenvalue weighted by atomic mass is 10.1. The summed E-state index contributed by atoms with van der Waals surface area (Å²) in [6.45, 7) is 1.52. The van der Waals surface area contributed by atoms with Crippen LogP contribution in [-0.2, 0) is 13.0 Å². The molecule has 3 N–H and O–H groups in total. The van der Waals surface area contributed by atoms with Gasteiger partial charge in [-0.05, 0) is 0 Å². The fraction of sp³-hybridized carbons (Fsp3) is 0.375. The zero-order valence-corrected chi connectivity index (χ0v) is 7.08. The first kappa shape index (κ1) is 8.12. The number of nitrogens with two attached hydrogens (primary N) is 1. The van der Waals surface area contributed by atoms with Gasteiger partial charge in [0.2, 0.25) is 0 Å². The molecule has 0 spiro atoms. The first-order valence-corrected chi connectivity index (χ1v) is 4.12. The third-order valence-corrected chi connectivity index (χ3v) is 2.11. The van der Waals surface area contributed by atoms with Gasteiger partial charge in [-0.25, -0.2) is 9.97 Å². The number of rotatable bonds is 1. The molecule has 13 heavy (non-hydrogen) atoms. The maximum atomic E-state index is 11.0. The Morgan fingerprint density at radius 3 is 3.15 bits per heavy atom. The molecule has 5 heteroatoms. The Morgan fingerprint density at radius 1 is 1.54 bits per heavy atom. The van der Waals surface area contributed by atoms with Crippen LogP contribution in [0.25, 0.3) is 0 Å². The lowest BCUT2D eigenvalue weighted by molar-refractivity contribution is 0.0994. The minimum Gasteiger partial charge on any atom is -0.364 e. The Morgan fingerprint density at radius 2 is 2.38 bits per heavy atom. The first-order chi connectivity index (χ1) is 6.29. The molecule has 0 atom stereocenters. The van der Waals surface area contributed by atoms with Gasteiger partial charge < -0.3 is 11.1 Å². The SMILES string of the molecule is NC(=O)c1ncnc2c1CNCC2. The fourth-order valence-corrected chi connectivity index (χ4v) is 1.48. The van der Waals surface area contributed by atoms with E-state index in [1.807, 2.05) is 0 Å². The van der Waals surface area contributed by atoms with Crippen molar-refractivity contribution in [1.29, 1.82) is 0 Å². The van der Waals surface area contributed by atoms with E-state index in [9.17, 15) is 4.79 Å². The zero-order chi connectivity index (χ0) is 9.26. The van der Waals surface area contributed by atoms with Crippen molar-refractivity contribution in [2.45, 2.75) is 13.0 Å². The highest BCUT2D eigenvalue weighted by Crippen LogP contribution is 2.13. The highest BCUT2D eigenvalue weighted by Gasteiger charge is 2.17. The van der Waals surface area contributed by atoms with Gasteiger partial charge in [-0.3, -0.25) is 4.79 Å². The average Bonchev–Trinajstić information content (AvgIpc) is 2.17. The summed E-state index contributed by atoms with van der Waals surface area (Å²) in [6, 6.07) is 0. The summed E-state index contributed by atoms with van der Waals surface area (Å²) < 4.78 is 0. The number of fused-ring (bicyclic) bond motifs is 1. The van der Waals surface area contributed by atoms with Crippen LogP contribution in [0, 0.1) is 0 Å². The molecular formula is C8H10N4O. The highest BCUT2D eigenvalue weighted by molar-refractivity contribution is 5.92. The zero-order valence-electron chi connectivity index (χ0n) is 7.08. The Hall–Kier alpha value is -1.49. The molecule has 1 amide bonds. The van der Waals surface area contributed by atoms with Crippen molar-refractivity contribution in [2.24, 2.45) is 5.73 Å². The standard InChI is InChI=1S/C8H10N4O/c9-8(13)7-5-3-10-2-1-6(5)11-4-12-7/h4,10H,1-3H2,(H2,9,13). The fourth-order valence-electron chi connectivity index (χ4n) is 1.48. The van der Waals surface area contributed by atoms with Gasteiger partial charge in [-0.2, -0.15) is 0 Å². The number of hydrogen-bond acceptors (Lipinski definition) is 4. The molecule has 68 valence electrons. The van der Waals surface area contributed by atoms with E-state index in [-0.39, 0.29) is 0 Å². The molecule has 1 aromatic rings. The maximum absolute atomic E-state index is 11.0. The van der Waals surface area contributed by atoms with Crippen molar-refractivity contribution in [3.8, 4) is 0 Å². The summed E-state index contributed by atoms with van der Waals surface area (Å²) in [5.41, 5.74) is 7.31. The van der Waals surface area contributed by atoms with E-state index < -0.39 is 5.91 Å². The smallest absolute Gasteiger partial charge is 0.267 e. The van der Waals surface area contributed by atoms with Gasteiger partial charge in [0.15, 0.2) is 0 Å². The monoisotopic (exact) mass is 178 g/mol. The molecule has 2 heterocycles. The number of aromatic nitrogens is 2. The van der Waals surface area contributed by atoms with Crippen LogP contribution >= 0.6 is 0 Å². The van der Waals surface area contributed by atoms with Gasteiger partial charge in [0.1, 0.15) is 12.0 Å². The summed E-state index contributed by atoms with van der Waals surface area (Å²) in [4.78, 5) is 18.9. The van der Waals surface area contributed by atoms with Gasteiger partial charge in [0.05, 0.1) is 5.69 Å². The van der Waals surface area contributed by atoms with Crippen LogP contribution < -0.4 is 11.1 Å². The second-order valence-corrected chi connectivity index (χ2v) is 2.94. The molecule has 5 nitrogen and oxygen atoms in total. The van der Waals surface area contributed by atoms with Crippen molar-refractivity contribution in [1.82, 2.24) is 15.3 Å². The van der Waals surface area contributed by atoms with Crippen LogP contribution in [0.2, 0.25) is 0 Å². The first-order valence-electron chi connectivity index (χ1n) is 4.12. The summed E-state index contributed by atoms with van der Waals surface area (Å²) in [5, 5.41) is 3.15. The van der Waals surface area contributed by atoms with Crippen LogP contribution in [-0.4, -0.2) is 22.4 Å². The molecule has 1 aliphatic heterocycles. The normalized spacial score (nSPS) is 15.1. The second kappa shape index (κ2) is 3.10. The Bertz CT molecular complexity index is 350. The van der Waals surface area contributed by atoms with E-state index in [0.717, 1.165) is 24.2 Å². The number of carbonyl (C=O) groups is 1. The molecule has 0 radical (unpaired) electrons. The number of hydrogen-bond donors (Lipinski definition) is 2. The lowest BCUT2D eigenvalue weighted by Crippen LogP contribution is -2.29. The number of nitrogens with one attached hydrogen (secondary N) is 1. The van der Waals surface area contributed by atoms with Crippen LogP contribution in [0.5, 0.6) is 0 Å². The Labute approximate surface area is 75.4 Å². The molecule has 0 saturated heterocycles. The third-order valence-electron chi connectivity index (χ3n) is 2.11. The van der Waals surface area contributed by atoms with Crippen molar-refractivity contribution >= 4 is 5.91 Å². The van der Waals surface area contributed by atoms with Crippen molar-refractivity contribution in [3.05, 3.63) is 23.3 Å². The second-order valence-electron chi connectivity index (χ2n) is 2.94. The maximum Gasteiger partial charge on any atom is 0.267 e. The molecular weight excluding hydrogens is 168 g/mol. The van der Waals surface area contributed by atoms with Crippen molar-refractivity contribution in [3.63, 3.8) is 0 Å². The van der Waals surface area contributed by atoms with Crippen LogP contribution in [0.4, 0.5) is 0 Å². The van der Waals surface area contributed by atoms with Crippen LogP contribution in [0.3, 0.4) is 0 Å². The average molecular weight is 178 g/mol. The molecule has 0 aromatic carbocycles. The predicted octanol–water partition coefficient (Wildman–Crippen LogP) is -0.779. The minimum absolute atomic E-state index is 0.345. The Kier molecular flexibility index (Phi) is 1.94. The van der Waals surface area contributed by atoms with Crippen molar-refractivity contribution < 1.29 is 4.79 Å². The van der Waals surface area contributed by atoms with Crippen molar-refractivity contribution in [2.75, 3.05) is 6.54 Å². The van der Waals surface area contributed by atoms with E-state index in [1.165, 1.54) is 6.33 Å². The molecule has 0 bridgehead atoms. The van der Waals surface area contributed by atoms with E-state index >= 15 is 0 Å². The quantitative estimate of drug-likeness (QED) is 0.591. The highest BCUT2D eigenvalue weighted by atomic mass is 16.1. The van der Waals surface area contributed by atoms with Crippen LogP contribution in [0.15, 0.2) is 6.33 Å². The lowest BCUT2D eigenvalue weighted by Gasteiger charge is -2.16. The Balaban J connectivity index is 2.52. The summed E-state index contributed by atoms with van der Waals surface area (Å²) >= 11 is 0. The molecule has 0 fully saturated rings. The van der Waals surface area contributed by atoms with E-state index in [2.05, 4.69) is 15.3 Å². The van der Waals surface area contributed by atoms with Gasteiger partial charge >= 0.3 is 0 Å². The van der Waals surface area contributed by atoms with Gasteiger partial charge in [-0.1, -0.05) is 0 Å². The van der Waals surface area contributed by atoms with E-state index in [0.29, 0.717) is 12.2 Å². The minimum atomic E-state index is -0.484. The predicted molar refractivity (Wildman–Crippen MR) is 46.0 cm³/mol. The number of primary amides is 1. The summed E-state index contributed by atoms with van der Waals surface area (Å²) in [5.74, 6) is -0.484. The molecule has 2 rings (SSSR count). The van der Waals surface area contributed by atoms with E-state index in [4.69, 9.17) is 5.73 Å². The largest absolute Gasteiger partial charge is 0.364 e. The summed E-state index contributed by atoms with van der Waals surface area (Å²) in [6.07, 6.45) is 2.22. The third kappa shape index (κ3) is 1.38.